The molecule has 0 aliphatic heterocycles. The van der Waals surface area contributed by atoms with Gasteiger partial charge >= 0.3 is 0 Å². The van der Waals surface area contributed by atoms with Crippen LogP contribution in [0.3, 0.4) is 0 Å². The lowest BCUT2D eigenvalue weighted by Gasteiger charge is -2.12. The summed E-state index contributed by atoms with van der Waals surface area (Å²) >= 11 is 0. The monoisotopic (exact) mass is 372 g/mol. The van der Waals surface area contributed by atoms with Gasteiger partial charge < -0.3 is 16.2 Å². The van der Waals surface area contributed by atoms with Gasteiger partial charge in [-0.25, -0.2) is 0 Å². The average molecular weight is 372 g/mol. The van der Waals surface area contributed by atoms with Crippen molar-refractivity contribution in [2.45, 2.75) is 11.8 Å². The highest BCUT2D eigenvalue weighted by Crippen LogP contribution is 2.30. The van der Waals surface area contributed by atoms with Crippen LogP contribution in [0.5, 0.6) is 5.75 Å². The number of carbonyl (C=O) groups is 1. The van der Waals surface area contributed by atoms with E-state index < -0.39 is 20.9 Å². The molecule has 0 aromatic heterocycles. The van der Waals surface area contributed by atoms with Gasteiger partial charge in [0.15, 0.2) is 0 Å². The molecule has 26 heavy (non-hydrogen) atoms. The first-order chi connectivity index (χ1) is 12.1. The molecule has 0 atom stereocenters. The molecule has 0 saturated carbocycles. The van der Waals surface area contributed by atoms with Crippen LogP contribution >= 0.6 is 0 Å². The zero-order chi connectivity index (χ0) is 19.1. The Kier molecular flexibility index (Phi) is 4.31. The van der Waals surface area contributed by atoms with Gasteiger partial charge in [0.25, 0.3) is 16.0 Å². The molecule has 0 aliphatic rings. The number of nitrogens with two attached hydrogens (primary N) is 1. The zero-order valence-electron chi connectivity index (χ0n) is 13.7. The van der Waals surface area contributed by atoms with Crippen molar-refractivity contribution in [3.63, 3.8) is 0 Å². The molecule has 3 rings (SSSR count). The molecule has 3 aromatic rings. The number of aromatic hydroxyl groups is 1. The molecule has 3 aromatic carbocycles. The van der Waals surface area contributed by atoms with Gasteiger partial charge in [-0.15, -0.1) is 0 Å². The second kappa shape index (κ2) is 6.32. The van der Waals surface area contributed by atoms with Crippen molar-refractivity contribution in [1.82, 2.24) is 0 Å². The SMILES string of the molecule is Cc1ccc(N)c(C(=O)Nc2cc(S(=O)(=O)O)c3cc(O)ccc3c2)c1. The Bertz CT molecular complexity index is 1140. The minimum Gasteiger partial charge on any atom is -0.508 e. The van der Waals surface area contributed by atoms with Gasteiger partial charge in [-0.2, -0.15) is 8.42 Å². The fraction of sp³-hybridized carbons (Fsp3) is 0.0556. The van der Waals surface area contributed by atoms with Crippen molar-refractivity contribution in [2.24, 2.45) is 0 Å². The molecule has 1 amide bonds. The van der Waals surface area contributed by atoms with Crippen LogP contribution in [-0.4, -0.2) is 24.0 Å². The second-order valence-electron chi connectivity index (χ2n) is 5.90. The number of hydrogen-bond donors (Lipinski definition) is 4. The highest BCUT2D eigenvalue weighted by Gasteiger charge is 2.18. The van der Waals surface area contributed by atoms with E-state index in [0.29, 0.717) is 5.39 Å². The molecule has 0 spiro atoms. The van der Waals surface area contributed by atoms with Crippen molar-refractivity contribution in [1.29, 1.82) is 0 Å². The first-order valence-corrected chi connectivity index (χ1v) is 9.01. The average Bonchev–Trinajstić information content (AvgIpc) is 2.55. The first-order valence-electron chi connectivity index (χ1n) is 7.57. The van der Waals surface area contributed by atoms with E-state index in [0.717, 1.165) is 11.6 Å². The summed E-state index contributed by atoms with van der Waals surface area (Å²) in [4.78, 5) is 12.1. The molecule has 5 N–H and O–H groups in total. The largest absolute Gasteiger partial charge is 0.508 e. The van der Waals surface area contributed by atoms with Gasteiger partial charge in [0, 0.05) is 16.8 Å². The molecule has 0 unspecified atom stereocenters. The van der Waals surface area contributed by atoms with Crippen molar-refractivity contribution in [3.05, 3.63) is 59.7 Å². The number of benzene rings is 3. The van der Waals surface area contributed by atoms with Gasteiger partial charge in [-0.3, -0.25) is 9.35 Å². The number of phenols is 1. The summed E-state index contributed by atoms with van der Waals surface area (Å²) in [5, 5.41) is 12.7. The number of phenolic OH excluding ortho intramolecular Hbond substituents is 1. The lowest BCUT2D eigenvalue weighted by Crippen LogP contribution is -2.14. The van der Waals surface area contributed by atoms with Crippen molar-refractivity contribution >= 4 is 38.2 Å². The molecular weight excluding hydrogens is 356 g/mol. The summed E-state index contributed by atoms with van der Waals surface area (Å²) in [6.07, 6.45) is 0. The van der Waals surface area contributed by atoms with E-state index in [1.807, 2.05) is 6.92 Å². The third-order valence-electron chi connectivity index (χ3n) is 3.89. The fourth-order valence-electron chi connectivity index (χ4n) is 2.66. The third kappa shape index (κ3) is 3.46. The summed E-state index contributed by atoms with van der Waals surface area (Å²) in [5.41, 5.74) is 7.38. The predicted octanol–water partition coefficient (Wildman–Crippen LogP) is 2.94. The van der Waals surface area contributed by atoms with Crippen LogP contribution < -0.4 is 11.1 Å². The van der Waals surface area contributed by atoms with E-state index >= 15 is 0 Å². The molecule has 0 aliphatic carbocycles. The van der Waals surface area contributed by atoms with Crippen LogP contribution in [0.1, 0.15) is 15.9 Å². The summed E-state index contributed by atoms with van der Waals surface area (Å²) in [6.45, 7) is 1.81. The van der Waals surface area contributed by atoms with Gasteiger partial charge in [-0.1, -0.05) is 17.7 Å². The Balaban J connectivity index is 2.10. The van der Waals surface area contributed by atoms with Gasteiger partial charge in [0.05, 0.1) is 5.56 Å². The van der Waals surface area contributed by atoms with E-state index in [-0.39, 0.29) is 28.1 Å². The molecule has 0 heterocycles. The molecule has 134 valence electrons. The number of nitrogen functional groups attached to an aromatic ring is 1. The third-order valence-corrected chi connectivity index (χ3v) is 4.78. The van der Waals surface area contributed by atoms with Gasteiger partial charge in [-0.05, 0) is 48.7 Å². The standard InChI is InChI=1S/C18H16N2O5S/c1-10-2-5-16(19)15(6-10)18(22)20-12-7-11-3-4-13(21)9-14(11)17(8-12)26(23,24)25/h2-9,21H,19H2,1H3,(H,20,22)(H,23,24,25). The van der Waals surface area contributed by atoms with E-state index in [9.17, 15) is 22.9 Å². The van der Waals surface area contributed by atoms with E-state index in [1.54, 1.807) is 18.2 Å². The molecule has 0 radical (unpaired) electrons. The summed E-state index contributed by atoms with van der Waals surface area (Å²) in [5.74, 6) is -0.655. The Morgan fingerprint density at radius 1 is 1.08 bits per heavy atom. The maximum Gasteiger partial charge on any atom is 0.295 e. The minimum absolute atomic E-state index is 0.139. The second-order valence-corrected chi connectivity index (χ2v) is 7.29. The van der Waals surface area contributed by atoms with E-state index in [1.165, 1.54) is 24.3 Å². The number of anilines is 2. The topological polar surface area (TPSA) is 130 Å². The van der Waals surface area contributed by atoms with Crippen LogP contribution in [0, 0.1) is 6.92 Å². The van der Waals surface area contributed by atoms with Gasteiger partial charge in [0.2, 0.25) is 0 Å². The van der Waals surface area contributed by atoms with E-state index in [4.69, 9.17) is 5.73 Å². The Morgan fingerprint density at radius 2 is 1.81 bits per heavy atom. The number of carbonyl (C=O) groups excluding carboxylic acids is 1. The number of amides is 1. The maximum absolute atomic E-state index is 12.5. The summed E-state index contributed by atoms with van der Waals surface area (Å²) in [7, 11) is -4.57. The van der Waals surface area contributed by atoms with Crippen molar-refractivity contribution in [3.8, 4) is 5.75 Å². The number of rotatable bonds is 3. The molecule has 0 saturated heterocycles. The summed E-state index contributed by atoms with van der Waals surface area (Å²) in [6, 6.07) is 11.7. The quantitative estimate of drug-likeness (QED) is 0.413. The first kappa shape index (κ1) is 17.7. The molecular formula is C18H16N2O5S. The molecule has 0 fully saturated rings. The lowest BCUT2D eigenvalue weighted by molar-refractivity contribution is 0.102. The zero-order valence-corrected chi connectivity index (χ0v) is 14.5. The number of fused-ring (bicyclic) bond motifs is 1. The maximum atomic E-state index is 12.5. The number of hydrogen-bond acceptors (Lipinski definition) is 5. The van der Waals surface area contributed by atoms with Gasteiger partial charge in [0.1, 0.15) is 10.6 Å². The van der Waals surface area contributed by atoms with Crippen LogP contribution in [0.15, 0.2) is 53.4 Å². The normalized spacial score (nSPS) is 11.5. The van der Waals surface area contributed by atoms with E-state index in [2.05, 4.69) is 5.32 Å². The van der Waals surface area contributed by atoms with Crippen molar-refractivity contribution < 1.29 is 22.9 Å². The number of nitrogens with one attached hydrogen (secondary N) is 1. The van der Waals surface area contributed by atoms with Crippen LogP contribution in [0.4, 0.5) is 11.4 Å². The van der Waals surface area contributed by atoms with Crippen LogP contribution in [0.25, 0.3) is 10.8 Å². The molecule has 0 bridgehead atoms. The summed E-state index contributed by atoms with van der Waals surface area (Å²) < 4.78 is 32.9. The Labute approximate surface area is 149 Å². The Morgan fingerprint density at radius 3 is 2.50 bits per heavy atom. The molecule has 8 heteroatoms. The highest BCUT2D eigenvalue weighted by atomic mass is 32.2. The van der Waals surface area contributed by atoms with Crippen LogP contribution in [-0.2, 0) is 10.1 Å². The fourth-order valence-corrected chi connectivity index (χ4v) is 3.39. The predicted molar refractivity (Wildman–Crippen MR) is 99.0 cm³/mol. The number of aryl methyl sites for hydroxylation is 1. The minimum atomic E-state index is -4.57. The highest BCUT2D eigenvalue weighted by molar-refractivity contribution is 7.86. The lowest BCUT2D eigenvalue weighted by atomic mass is 10.1. The molecule has 7 nitrogen and oxygen atoms in total. The Hall–Kier alpha value is -3.10. The smallest absolute Gasteiger partial charge is 0.295 e. The van der Waals surface area contributed by atoms with Crippen LogP contribution in [0.2, 0.25) is 0 Å². The van der Waals surface area contributed by atoms with Crippen molar-refractivity contribution in [2.75, 3.05) is 11.1 Å².